The third-order valence-electron chi connectivity index (χ3n) is 2.38. The number of H-pyrrole nitrogens is 1. The molecule has 0 aliphatic rings. The zero-order valence-electron chi connectivity index (χ0n) is 10.7. The van der Waals surface area contributed by atoms with Gasteiger partial charge in [0.2, 0.25) is 0 Å². The Hall–Kier alpha value is -1.53. The van der Waals surface area contributed by atoms with E-state index in [2.05, 4.69) is 10.3 Å². The van der Waals surface area contributed by atoms with Gasteiger partial charge >= 0.3 is 0 Å². The van der Waals surface area contributed by atoms with Crippen molar-refractivity contribution in [2.24, 2.45) is 0 Å². The molecule has 1 rings (SSSR count). The first-order chi connectivity index (χ1) is 8.74. The number of amides is 1. The second-order valence-corrected chi connectivity index (χ2v) is 3.91. The van der Waals surface area contributed by atoms with E-state index in [9.17, 15) is 4.79 Å². The number of anilines is 1. The van der Waals surface area contributed by atoms with Crippen molar-refractivity contribution in [1.82, 2.24) is 10.3 Å². The van der Waals surface area contributed by atoms with E-state index in [4.69, 9.17) is 15.2 Å². The number of hydrogen-bond acceptors (Lipinski definition) is 4. The number of nitrogen functional groups attached to an aromatic ring is 1. The van der Waals surface area contributed by atoms with Gasteiger partial charge in [0.05, 0.1) is 13.2 Å². The van der Waals surface area contributed by atoms with Crippen LogP contribution in [0.15, 0.2) is 12.3 Å². The fourth-order valence-corrected chi connectivity index (χ4v) is 1.41. The molecule has 1 aromatic heterocycles. The molecule has 1 amide bonds. The lowest BCUT2D eigenvalue weighted by molar-refractivity contribution is 0.0686. The van der Waals surface area contributed by atoms with Crippen LogP contribution in [0.1, 0.15) is 23.3 Å². The lowest BCUT2D eigenvalue weighted by atomic mass is 10.3. The van der Waals surface area contributed by atoms with Gasteiger partial charge in [-0.1, -0.05) is 0 Å². The number of carbonyl (C=O) groups excluding carboxylic acids is 1. The van der Waals surface area contributed by atoms with Crippen molar-refractivity contribution in [2.45, 2.75) is 12.8 Å². The van der Waals surface area contributed by atoms with E-state index in [0.29, 0.717) is 37.7 Å². The average Bonchev–Trinajstić information content (AvgIpc) is 2.79. The Labute approximate surface area is 107 Å². The summed E-state index contributed by atoms with van der Waals surface area (Å²) >= 11 is 0. The molecule has 0 fully saturated rings. The van der Waals surface area contributed by atoms with E-state index < -0.39 is 0 Å². The zero-order valence-corrected chi connectivity index (χ0v) is 10.7. The Bertz CT molecular complexity index is 352. The predicted octanol–water partition coefficient (Wildman–Crippen LogP) is 0.770. The number of hydrogen-bond donors (Lipinski definition) is 3. The van der Waals surface area contributed by atoms with Gasteiger partial charge in [-0.05, 0) is 18.9 Å². The molecule has 0 saturated carbocycles. The third kappa shape index (κ3) is 5.70. The predicted molar refractivity (Wildman–Crippen MR) is 69.5 cm³/mol. The van der Waals surface area contributed by atoms with Crippen molar-refractivity contribution >= 4 is 11.6 Å². The monoisotopic (exact) mass is 255 g/mol. The standard InChI is InChI=1S/C12H21N3O3/c1-17-6-7-18-5-3-2-4-14-12(16)11-8-10(13)9-15-11/h8-9,15H,2-7,13H2,1H3,(H,14,16). The van der Waals surface area contributed by atoms with E-state index in [1.807, 2.05) is 0 Å². The van der Waals surface area contributed by atoms with Gasteiger partial charge in [-0.2, -0.15) is 0 Å². The fraction of sp³-hybridized carbons (Fsp3) is 0.583. The molecule has 6 nitrogen and oxygen atoms in total. The summed E-state index contributed by atoms with van der Waals surface area (Å²) in [4.78, 5) is 14.4. The van der Waals surface area contributed by atoms with Crippen LogP contribution in [0.3, 0.4) is 0 Å². The lowest BCUT2D eigenvalue weighted by Gasteiger charge is -2.05. The number of nitrogens with two attached hydrogens (primary N) is 1. The fourth-order valence-electron chi connectivity index (χ4n) is 1.41. The second-order valence-electron chi connectivity index (χ2n) is 3.91. The molecule has 0 aliphatic carbocycles. The van der Waals surface area contributed by atoms with Gasteiger partial charge in [0.15, 0.2) is 0 Å². The summed E-state index contributed by atoms with van der Waals surface area (Å²) in [6.45, 7) is 2.55. The minimum absolute atomic E-state index is 0.132. The van der Waals surface area contributed by atoms with Gasteiger partial charge in [-0.25, -0.2) is 0 Å². The summed E-state index contributed by atoms with van der Waals surface area (Å²) in [5.41, 5.74) is 6.56. The van der Waals surface area contributed by atoms with Crippen molar-refractivity contribution < 1.29 is 14.3 Å². The molecule has 1 heterocycles. The molecular formula is C12H21N3O3. The Morgan fingerprint density at radius 3 is 2.89 bits per heavy atom. The third-order valence-corrected chi connectivity index (χ3v) is 2.38. The SMILES string of the molecule is COCCOCCCCNC(=O)c1cc(N)c[nH]1. The number of methoxy groups -OCH3 is 1. The average molecular weight is 255 g/mol. The topological polar surface area (TPSA) is 89.4 Å². The summed E-state index contributed by atoms with van der Waals surface area (Å²) in [5, 5.41) is 2.81. The van der Waals surface area contributed by atoms with Crippen LogP contribution in [-0.4, -0.2) is 44.4 Å². The van der Waals surface area contributed by atoms with Crippen LogP contribution in [0.2, 0.25) is 0 Å². The molecule has 0 radical (unpaired) electrons. The Kier molecular flexibility index (Phi) is 6.90. The maximum atomic E-state index is 11.6. The normalized spacial score (nSPS) is 10.5. The molecule has 18 heavy (non-hydrogen) atoms. The summed E-state index contributed by atoms with van der Waals surface area (Å²) in [5.74, 6) is -0.132. The number of unbranched alkanes of at least 4 members (excludes halogenated alkanes) is 1. The van der Waals surface area contributed by atoms with Crippen LogP contribution >= 0.6 is 0 Å². The maximum absolute atomic E-state index is 11.6. The van der Waals surface area contributed by atoms with Crippen molar-refractivity contribution in [2.75, 3.05) is 39.2 Å². The first kappa shape index (κ1) is 14.5. The molecule has 0 atom stereocenters. The summed E-state index contributed by atoms with van der Waals surface area (Å²) in [6, 6.07) is 1.61. The number of nitrogens with one attached hydrogen (secondary N) is 2. The van der Waals surface area contributed by atoms with Gasteiger partial charge in [0.1, 0.15) is 5.69 Å². The highest BCUT2D eigenvalue weighted by Gasteiger charge is 2.05. The van der Waals surface area contributed by atoms with Gasteiger partial charge in [-0.3, -0.25) is 4.79 Å². The molecule has 0 unspecified atom stereocenters. The quantitative estimate of drug-likeness (QED) is 0.569. The molecular weight excluding hydrogens is 234 g/mol. The Balaban J connectivity index is 1.99. The zero-order chi connectivity index (χ0) is 13.2. The number of aromatic amines is 1. The van der Waals surface area contributed by atoms with Gasteiger partial charge in [0.25, 0.3) is 5.91 Å². The van der Waals surface area contributed by atoms with Crippen molar-refractivity contribution in [1.29, 1.82) is 0 Å². The van der Waals surface area contributed by atoms with E-state index in [-0.39, 0.29) is 5.91 Å². The molecule has 102 valence electrons. The van der Waals surface area contributed by atoms with E-state index in [0.717, 1.165) is 12.8 Å². The van der Waals surface area contributed by atoms with E-state index >= 15 is 0 Å². The molecule has 0 bridgehead atoms. The van der Waals surface area contributed by atoms with E-state index in [1.54, 1.807) is 19.4 Å². The first-order valence-electron chi connectivity index (χ1n) is 6.03. The van der Waals surface area contributed by atoms with Crippen LogP contribution in [0.4, 0.5) is 5.69 Å². The maximum Gasteiger partial charge on any atom is 0.267 e. The minimum atomic E-state index is -0.132. The highest BCUT2D eigenvalue weighted by atomic mass is 16.5. The van der Waals surface area contributed by atoms with Crippen molar-refractivity contribution in [3.05, 3.63) is 18.0 Å². The molecule has 0 aromatic carbocycles. The van der Waals surface area contributed by atoms with Crippen LogP contribution in [0.5, 0.6) is 0 Å². The molecule has 0 saturated heterocycles. The molecule has 4 N–H and O–H groups in total. The summed E-state index contributed by atoms with van der Waals surface area (Å²) in [7, 11) is 1.65. The molecule has 6 heteroatoms. The Morgan fingerprint density at radius 2 is 2.22 bits per heavy atom. The van der Waals surface area contributed by atoms with Crippen molar-refractivity contribution in [3.8, 4) is 0 Å². The largest absolute Gasteiger partial charge is 0.397 e. The van der Waals surface area contributed by atoms with Gasteiger partial charge < -0.3 is 25.5 Å². The van der Waals surface area contributed by atoms with Crippen LogP contribution in [0.25, 0.3) is 0 Å². The highest BCUT2D eigenvalue weighted by molar-refractivity contribution is 5.93. The molecule has 0 aliphatic heterocycles. The summed E-state index contributed by atoms with van der Waals surface area (Å²) < 4.78 is 10.2. The van der Waals surface area contributed by atoms with Crippen LogP contribution < -0.4 is 11.1 Å². The second kappa shape index (κ2) is 8.54. The first-order valence-corrected chi connectivity index (χ1v) is 6.03. The summed E-state index contributed by atoms with van der Waals surface area (Å²) in [6.07, 6.45) is 3.39. The van der Waals surface area contributed by atoms with Gasteiger partial charge in [-0.15, -0.1) is 0 Å². The minimum Gasteiger partial charge on any atom is -0.397 e. The lowest BCUT2D eigenvalue weighted by Crippen LogP contribution is -2.24. The van der Waals surface area contributed by atoms with Crippen molar-refractivity contribution in [3.63, 3.8) is 0 Å². The number of rotatable bonds is 9. The Morgan fingerprint density at radius 1 is 1.39 bits per heavy atom. The van der Waals surface area contributed by atoms with Gasteiger partial charge in [0, 0.05) is 32.1 Å². The smallest absolute Gasteiger partial charge is 0.267 e. The van der Waals surface area contributed by atoms with Crippen LogP contribution in [0, 0.1) is 0 Å². The number of carbonyl (C=O) groups is 1. The highest BCUT2D eigenvalue weighted by Crippen LogP contribution is 2.03. The van der Waals surface area contributed by atoms with E-state index in [1.165, 1.54) is 0 Å². The van der Waals surface area contributed by atoms with Crippen LogP contribution in [-0.2, 0) is 9.47 Å². The number of aromatic nitrogens is 1. The molecule has 0 spiro atoms. The molecule has 1 aromatic rings. The number of ether oxygens (including phenoxy) is 2.